The lowest BCUT2D eigenvalue weighted by atomic mass is 9.78. The van der Waals surface area contributed by atoms with Gasteiger partial charge in [-0.3, -0.25) is 0 Å². The van der Waals surface area contributed by atoms with Crippen LogP contribution in [0.4, 0.5) is 4.39 Å². The minimum atomic E-state index is -1.02. The number of rotatable bonds is 1. The lowest BCUT2D eigenvalue weighted by Crippen LogP contribution is -2.64. The van der Waals surface area contributed by atoms with E-state index in [1.165, 1.54) is 0 Å². The SMILES string of the molecule is CC1(C)C[C@H](n2ccc3cc(Cl)nnc32)[C@H](F)C(C)(C)N1. The van der Waals surface area contributed by atoms with Crippen molar-refractivity contribution >= 4 is 22.6 Å². The molecule has 2 aromatic rings. The second-order valence-electron chi connectivity index (χ2n) is 7.07. The lowest BCUT2D eigenvalue weighted by molar-refractivity contribution is 0.0313. The van der Waals surface area contributed by atoms with Crippen molar-refractivity contribution < 1.29 is 4.39 Å². The van der Waals surface area contributed by atoms with E-state index in [-0.39, 0.29) is 11.6 Å². The van der Waals surface area contributed by atoms with Gasteiger partial charge >= 0.3 is 0 Å². The van der Waals surface area contributed by atoms with Crippen molar-refractivity contribution in [2.24, 2.45) is 0 Å². The summed E-state index contributed by atoms with van der Waals surface area (Å²) in [5, 5.41) is 12.6. The van der Waals surface area contributed by atoms with Crippen molar-refractivity contribution in [3.05, 3.63) is 23.5 Å². The number of hydrogen-bond acceptors (Lipinski definition) is 3. The van der Waals surface area contributed by atoms with Crippen LogP contribution in [0.5, 0.6) is 0 Å². The minimum Gasteiger partial charge on any atom is -0.325 e. The van der Waals surface area contributed by atoms with Gasteiger partial charge in [0.05, 0.1) is 6.04 Å². The van der Waals surface area contributed by atoms with E-state index in [4.69, 9.17) is 11.6 Å². The van der Waals surface area contributed by atoms with E-state index in [0.717, 1.165) is 5.39 Å². The molecule has 0 unspecified atom stereocenters. The van der Waals surface area contributed by atoms with Gasteiger partial charge in [-0.05, 0) is 46.2 Å². The third-order valence-corrected chi connectivity index (χ3v) is 4.38. The Hall–Kier alpha value is -1.20. The topological polar surface area (TPSA) is 42.7 Å². The smallest absolute Gasteiger partial charge is 0.163 e. The fourth-order valence-corrected chi connectivity index (χ4v) is 3.69. The Balaban J connectivity index is 2.08. The first-order valence-corrected chi connectivity index (χ1v) is 7.51. The number of nitrogens with zero attached hydrogens (tertiary/aromatic N) is 3. The van der Waals surface area contributed by atoms with Gasteiger partial charge in [0.2, 0.25) is 0 Å². The molecule has 114 valence electrons. The standard InChI is InChI=1S/C15H20ClFN4/c1-14(2)8-10(12(17)15(3,4)20-14)21-6-5-9-7-11(16)18-19-13(9)21/h5-7,10,12,20H,8H2,1-4H3/t10-,12-/m0/s1. The normalized spacial score (nSPS) is 27.9. The van der Waals surface area contributed by atoms with Crippen LogP contribution in [-0.2, 0) is 0 Å². The Labute approximate surface area is 128 Å². The van der Waals surface area contributed by atoms with Crippen LogP contribution in [0, 0.1) is 0 Å². The van der Waals surface area contributed by atoms with Crippen LogP contribution >= 0.6 is 11.6 Å². The Morgan fingerprint density at radius 1 is 1.33 bits per heavy atom. The Morgan fingerprint density at radius 3 is 2.76 bits per heavy atom. The predicted molar refractivity (Wildman–Crippen MR) is 82.4 cm³/mol. The van der Waals surface area contributed by atoms with Gasteiger partial charge in [-0.2, -0.15) is 0 Å². The summed E-state index contributed by atoms with van der Waals surface area (Å²) in [5.74, 6) is 0. The highest BCUT2D eigenvalue weighted by Gasteiger charge is 2.47. The molecular formula is C15H20ClFN4. The highest BCUT2D eigenvalue weighted by molar-refractivity contribution is 6.29. The molecule has 0 radical (unpaired) electrons. The van der Waals surface area contributed by atoms with Gasteiger partial charge in [0.25, 0.3) is 0 Å². The first-order chi connectivity index (χ1) is 9.70. The van der Waals surface area contributed by atoms with E-state index >= 15 is 0 Å². The summed E-state index contributed by atoms with van der Waals surface area (Å²) >= 11 is 5.87. The van der Waals surface area contributed by atoms with Crippen molar-refractivity contribution in [2.75, 3.05) is 0 Å². The molecule has 3 rings (SSSR count). The molecule has 2 atom stereocenters. The molecule has 0 aromatic carbocycles. The van der Waals surface area contributed by atoms with Gasteiger partial charge in [-0.25, -0.2) is 4.39 Å². The highest BCUT2D eigenvalue weighted by Crippen LogP contribution is 2.39. The lowest BCUT2D eigenvalue weighted by Gasteiger charge is -2.49. The predicted octanol–water partition coefficient (Wildman–Crippen LogP) is 3.51. The fourth-order valence-electron chi connectivity index (χ4n) is 3.54. The molecular weight excluding hydrogens is 291 g/mol. The number of hydrogen-bond donors (Lipinski definition) is 1. The van der Waals surface area contributed by atoms with Crippen molar-refractivity contribution in [2.45, 2.75) is 57.4 Å². The molecule has 0 spiro atoms. The zero-order valence-corrected chi connectivity index (χ0v) is 13.4. The third kappa shape index (κ3) is 2.53. The maximum absolute atomic E-state index is 15.0. The Morgan fingerprint density at radius 2 is 2.05 bits per heavy atom. The average Bonchev–Trinajstić information content (AvgIpc) is 2.75. The average molecular weight is 311 g/mol. The zero-order valence-electron chi connectivity index (χ0n) is 12.7. The molecule has 21 heavy (non-hydrogen) atoms. The van der Waals surface area contributed by atoms with E-state index in [1.54, 1.807) is 6.07 Å². The van der Waals surface area contributed by atoms with Crippen LogP contribution in [-0.4, -0.2) is 32.0 Å². The van der Waals surface area contributed by atoms with E-state index in [9.17, 15) is 4.39 Å². The summed E-state index contributed by atoms with van der Waals surface area (Å²) < 4.78 is 16.9. The monoisotopic (exact) mass is 310 g/mol. The van der Waals surface area contributed by atoms with Crippen LogP contribution in [0.1, 0.15) is 40.2 Å². The molecule has 1 saturated heterocycles. The van der Waals surface area contributed by atoms with Gasteiger partial charge in [-0.1, -0.05) is 11.6 Å². The summed E-state index contributed by atoms with van der Waals surface area (Å²) in [4.78, 5) is 0. The summed E-state index contributed by atoms with van der Waals surface area (Å²) in [6.45, 7) is 8.00. The van der Waals surface area contributed by atoms with Gasteiger partial charge in [0, 0.05) is 22.7 Å². The Kier molecular flexibility index (Phi) is 3.26. The van der Waals surface area contributed by atoms with E-state index in [0.29, 0.717) is 17.2 Å². The van der Waals surface area contributed by atoms with Crippen molar-refractivity contribution in [3.8, 4) is 0 Å². The number of aromatic nitrogens is 3. The molecule has 1 aliphatic rings. The summed E-state index contributed by atoms with van der Waals surface area (Å²) in [6, 6.07) is 3.39. The molecule has 3 heterocycles. The maximum atomic E-state index is 15.0. The fraction of sp³-hybridized carbons (Fsp3) is 0.600. The minimum absolute atomic E-state index is 0.146. The van der Waals surface area contributed by atoms with Gasteiger partial charge in [-0.15, -0.1) is 10.2 Å². The molecule has 1 fully saturated rings. The van der Waals surface area contributed by atoms with E-state index < -0.39 is 11.7 Å². The van der Waals surface area contributed by atoms with Gasteiger partial charge < -0.3 is 9.88 Å². The van der Waals surface area contributed by atoms with Crippen LogP contribution in [0.25, 0.3) is 11.0 Å². The van der Waals surface area contributed by atoms with Crippen molar-refractivity contribution in [1.29, 1.82) is 0 Å². The summed E-state index contributed by atoms with van der Waals surface area (Å²) in [7, 11) is 0. The number of alkyl halides is 1. The van der Waals surface area contributed by atoms with Crippen molar-refractivity contribution in [3.63, 3.8) is 0 Å². The van der Waals surface area contributed by atoms with E-state index in [1.807, 2.05) is 30.7 Å². The van der Waals surface area contributed by atoms with Gasteiger partial charge in [0.1, 0.15) is 6.17 Å². The largest absolute Gasteiger partial charge is 0.325 e. The summed E-state index contributed by atoms with van der Waals surface area (Å²) in [6.07, 6.45) is 1.55. The highest BCUT2D eigenvalue weighted by atomic mass is 35.5. The number of piperidine rings is 1. The first kappa shape index (κ1) is 14.7. The molecule has 4 nitrogen and oxygen atoms in total. The number of nitrogens with one attached hydrogen (secondary N) is 1. The molecule has 6 heteroatoms. The quantitative estimate of drug-likeness (QED) is 0.876. The summed E-state index contributed by atoms with van der Waals surface area (Å²) in [5.41, 5.74) is -0.0589. The van der Waals surface area contributed by atoms with E-state index in [2.05, 4.69) is 29.4 Å². The molecule has 1 aliphatic heterocycles. The van der Waals surface area contributed by atoms with Crippen LogP contribution < -0.4 is 5.32 Å². The second-order valence-corrected chi connectivity index (χ2v) is 7.46. The molecule has 0 bridgehead atoms. The Bertz CT molecular complexity index is 679. The van der Waals surface area contributed by atoms with Crippen molar-refractivity contribution in [1.82, 2.24) is 20.1 Å². The zero-order chi connectivity index (χ0) is 15.4. The molecule has 0 amide bonds. The number of fused-ring (bicyclic) bond motifs is 1. The van der Waals surface area contributed by atoms with Crippen LogP contribution in [0.2, 0.25) is 5.15 Å². The van der Waals surface area contributed by atoms with Crippen LogP contribution in [0.15, 0.2) is 18.3 Å². The molecule has 1 N–H and O–H groups in total. The second kappa shape index (κ2) is 4.65. The first-order valence-electron chi connectivity index (χ1n) is 7.13. The maximum Gasteiger partial charge on any atom is 0.163 e. The van der Waals surface area contributed by atoms with Gasteiger partial charge in [0.15, 0.2) is 10.8 Å². The molecule has 0 aliphatic carbocycles. The van der Waals surface area contributed by atoms with Crippen LogP contribution in [0.3, 0.4) is 0 Å². The molecule has 2 aromatic heterocycles. The third-order valence-electron chi connectivity index (χ3n) is 4.20. The number of halogens is 2. The molecule has 0 saturated carbocycles.